The molecule has 0 bridgehead atoms. The fraction of sp³-hybridized carbons (Fsp3) is 0.300. The van der Waals surface area contributed by atoms with Gasteiger partial charge in [0, 0.05) is 18.0 Å². The van der Waals surface area contributed by atoms with Crippen molar-refractivity contribution in [2.24, 2.45) is 5.18 Å². The summed E-state index contributed by atoms with van der Waals surface area (Å²) in [6, 6.07) is 13.7. The third kappa shape index (κ3) is 3.24. The van der Waals surface area contributed by atoms with E-state index in [1.807, 2.05) is 24.3 Å². The minimum Gasteiger partial charge on any atom is -0.505 e. The Morgan fingerprint density at radius 1 is 1.21 bits per heavy atom. The molecule has 1 aliphatic rings. The Kier molecular flexibility index (Phi) is 5.06. The van der Waals surface area contributed by atoms with Crippen LogP contribution in [-0.4, -0.2) is 18.2 Å². The third-order valence-corrected chi connectivity index (χ3v) is 4.50. The van der Waals surface area contributed by atoms with Crippen LogP contribution in [0, 0.1) is 4.91 Å². The SMILES string of the molecule is CCCNCC1=CC(c2ccccc2)Cc2c1ccc(N=O)c2O. The third-order valence-electron chi connectivity index (χ3n) is 4.50. The van der Waals surface area contributed by atoms with Crippen molar-refractivity contribution in [2.45, 2.75) is 25.7 Å². The molecule has 4 nitrogen and oxygen atoms in total. The topological polar surface area (TPSA) is 61.7 Å². The smallest absolute Gasteiger partial charge is 0.149 e. The Hall–Kier alpha value is -2.46. The van der Waals surface area contributed by atoms with Gasteiger partial charge in [-0.25, -0.2) is 0 Å². The normalized spacial score (nSPS) is 16.4. The van der Waals surface area contributed by atoms with Crippen LogP contribution in [0.25, 0.3) is 5.57 Å². The van der Waals surface area contributed by atoms with E-state index in [4.69, 9.17) is 0 Å². The second-order valence-electron chi connectivity index (χ2n) is 6.14. The molecule has 0 saturated heterocycles. The van der Waals surface area contributed by atoms with Gasteiger partial charge in [0.1, 0.15) is 11.4 Å². The van der Waals surface area contributed by atoms with Crippen LogP contribution in [0.3, 0.4) is 0 Å². The lowest BCUT2D eigenvalue weighted by Gasteiger charge is -2.26. The molecule has 0 fully saturated rings. The largest absolute Gasteiger partial charge is 0.505 e. The highest BCUT2D eigenvalue weighted by Gasteiger charge is 2.24. The van der Waals surface area contributed by atoms with E-state index in [9.17, 15) is 10.0 Å². The van der Waals surface area contributed by atoms with Crippen molar-refractivity contribution in [3.8, 4) is 5.75 Å². The van der Waals surface area contributed by atoms with Gasteiger partial charge in [0.25, 0.3) is 0 Å². The highest BCUT2D eigenvalue weighted by atomic mass is 16.3. The van der Waals surface area contributed by atoms with Crippen LogP contribution in [0.4, 0.5) is 5.69 Å². The van der Waals surface area contributed by atoms with Crippen molar-refractivity contribution >= 4 is 11.3 Å². The molecule has 4 heteroatoms. The number of phenols is 1. The number of nitroso groups, excluding NO2 is 1. The van der Waals surface area contributed by atoms with Gasteiger partial charge in [-0.15, -0.1) is 4.91 Å². The van der Waals surface area contributed by atoms with Gasteiger partial charge in [0.05, 0.1) is 0 Å². The second-order valence-corrected chi connectivity index (χ2v) is 6.14. The van der Waals surface area contributed by atoms with Crippen molar-refractivity contribution in [1.82, 2.24) is 5.32 Å². The molecule has 1 unspecified atom stereocenters. The number of aromatic hydroxyl groups is 1. The summed E-state index contributed by atoms with van der Waals surface area (Å²) >= 11 is 0. The Morgan fingerprint density at radius 2 is 2.00 bits per heavy atom. The van der Waals surface area contributed by atoms with E-state index in [2.05, 4.69) is 35.6 Å². The molecule has 1 atom stereocenters. The Balaban J connectivity index is 2.01. The molecule has 0 saturated carbocycles. The summed E-state index contributed by atoms with van der Waals surface area (Å²) < 4.78 is 0. The quantitative estimate of drug-likeness (QED) is 0.607. The first kappa shape index (κ1) is 16.4. The number of allylic oxidation sites excluding steroid dienone is 1. The molecule has 0 aromatic heterocycles. The van der Waals surface area contributed by atoms with E-state index in [0.717, 1.165) is 36.2 Å². The van der Waals surface area contributed by atoms with Gasteiger partial charge in [-0.3, -0.25) is 0 Å². The van der Waals surface area contributed by atoms with Gasteiger partial charge in [0.2, 0.25) is 0 Å². The van der Waals surface area contributed by atoms with Crippen LogP contribution in [0.2, 0.25) is 0 Å². The van der Waals surface area contributed by atoms with Crippen LogP contribution in [0.5, 0.6) is 5.75 Å². The lowest BCUT2D eigenvalue weighted by molar-refractivity contribution is 0.467. The lowest BCUT2D eigenvalue weighted by Crippen LogP contribution is -2.20. The van der Waals surface area contributed by atoms with Gasteiger partial charge in [0.15, 0.2) is 0 Å². The average molecular weight is 322 g/mol. The van der Waals surface area contributed by atoms with E-state index in [0.29, 0.717) is 6.42 Å². The number of fused-ring (bicyclic) bond motifs is 1. The first-order valence-corrected chi connectivity index (χ1v) is 8.39. The molecule has 2 aromatic rings. The summed E-state index contributed by atoms with van der Waals surface area (Å²) in [4.78, 5) is 10.9. The van der Waals surface area contributed by atoms with Crippen molar-refractivity contribution < 1.29 is 5.11 Å². The molecule has 2 N–H and O–H groups in total. The maximum Gasteiger partial charge on any atom is 0.149 e. The van der Waals surface area contributed by atoms with E-state index in [1.54, 1.807) is 6.07 Å². The maximum absolute atomic E-state index is 10.9. The summed E-state index contributed by atoms with van der Waals surface area (Å²) in [5.74, 6) is 0.203. The highest BCUT2D eigenvalue weighted by molar-refractivity contribution is 5.77. The van der Waals surface area contributed by atoms with E-state index in [-0.39, 0.29) is 17.4 Å². The number of hydrogen-bond donors (Lipinski definition) is 2. The van der Waals surface area contributed by atoms with Crippen molar-refractivity contribution in [2.75, 3.05) is 13.1 Å². The summed E-state index contributed by atoms with van der Waals surface area (Å²) in [6.45, 7) is 3.83. The zero-order chi connectivity index (χ0) is 16.9. The van der Waals surface area contributed by atoms with E-state index in [1.165, 1.54) is 5.56 Å². The summed E-state index contributed by atoms with van der Waals surface area (Å²) in [5.41, 5.74) is 4.31. The van der Waals surface area contributed by atoms with Crippen LogP contribution in [0.15, 0.2) is 53.7 Å². The number of nitrogens with one attached hydrogen (secondary N) is 1. The summed E-state index contributed by atoms with van der Waals surface area (Å²) in [5, 5.41) is 16.8. The Bertz CT molecular complexity index is 754. The number of benzene rings is 2. The number of rotatable bonds is 6. The van der Waals surface area contributed by atoms with Crippen LogP contribution < -0.4 is 5.32 Å². The monoisotopic (exact) mass is 322 g/mol. The van der Waals surface area contributed by atoms with Crippen molar-refractivity contribution in [3.63, 3.8) is 0 Å². The molecule has 0 radical (unpaired) electrons. The minimum absolute atomic E-state index is 0.0181. The lowest BCUT2D eigenvalue weighted by atomic mass is 9.80. The molecule has 0 amide bonds. The zero-order valence-electron chi connectivity index (χ0n) is 13.8. The average Bonchev–Trinajstić information content (AvgIpc) is 2.63. The standard InChI is InChI=1S/C20H22N2O2/c1-2-10-21-13-16-11-15(14-6-4-3-5-7-14)12-18-17(16)8-9-19(22-24)20(18)23/h3-9,11,15,21,23H,2,10,12-13H2,1H3. The van der Waals surface area contributed by atoms with Gasteiger partial charge in [-0.05, 0) is 47.3 Å². The molecule has 2 aromatic carbocycles. The molecular formula is C20H22N2O2. The van der Waals surface area contributed by atoms with E-state index < -0.39 is 0 Å². The predicted molar refractivity (Wildman–Crippen MR) is 97.6 cm³/mol. The summed E-state index contributed by atoms with van der Waals surface area (Å²) in [7, 11) is 0. The number of phenolic OH excluding ortho intramolecular Hbond substituents is 1. The molecule has 24 heavy (non-hydrogen) atoms. The van der Waals surface area contributed by atoms with Crippen molar-refractivity contribution in [3.05, 3.63) is 70.1 Å². The fourth-order valence-electron chi connectivity index (χ4n) is 3.28. The van der Waals surface area contributed by atoms with Gasteiger partial charge in [-0.2, -0.15) is 0 Å². The van der Waals surface area contributed by atoms with E-state index >= 15 is 0 Å². The first-order valence-electron chi connectivity index (χ1n) is 8.39. The van der Waals surface area contributed by atoms with Crippen LogP contribution in [-0.2, 0) is 6.42 Å². The molecule has 124 valence electrons. The predicted octanol–water partition coefficient (Wildman–Crippen LogP) is 4.51. The Morgan fingerprint density at radius 3 is 2.71 bits per heavy atom. The zero-order valence-corrected chi connectivity index (χ0v) is 13.8. The molecular weight excluding hydrogens is 300 g/mol. The van der Waals surface area contributed by atoms with Gasteiger partial charge >= 0.3 is 0 Å². The molecule has 0 aliphatic heterocycles. The highest BCUT2D eigenvalue weighted by Crippen LogP contribution is 2.42. The molecule has 1 aliphatic carbocycles. The number of hydrogen-bond acceptors (Lipinski definition) is 4. The van der Waals surface area contributed by atoms with Crippen LogP contribution in [0.1, 0.15) is 36.0 Å². The summed E-state index contributed by atoms with van der Waals surface area (Å²) in [6.07, 6.45) is 4.01. The first-order chi connectivity index (χ1) is 11.7. The minimum atomic E-state index is 0.0181. The second kappa shape index (κ2) is 7.41. The van der Waals surface area contributed by atoms with Crippen molar-refractivity contribution in [1.29, 1.82) is 0 Å². The molecule has 0 spiro atoms. The molecule has 0 heterocycles. The molecule has 3 rings (SSSR count). The maximum atomic E-state index is 10.9. The van der Waals surface area contributed by atoms with Gasteiger partial charge < -0.3 is 10.4 Å². The van der Waals surface area contributed by atoms with Gasteiger partial charge in [-0.1, -0.05) is 49.4 Å². The van der Waals surface area contributed by atoms with Crippen LogP contribution >= 0.6 is 0 Å². The number of nitrogens with zero attached hydrogens (tertiary/aromatic N) is 1. The Labute approximate surface area is 142 Å². The fourth-order valence-corrected chi connectivity index (χ4v) is 3.28.